The van der Waals surface area contributed by atoms with Crippen molar-refractivity contribution in [3.63, 3.8) is 0 Å². The van der Waals surface area contributed by atoms with E-state index in [2.05, 4.69) is 9.97 Å². The van der Waals surface area contributed by atoms with E-state index in [1.54, 1.807) is 19.2 Å². The zero-order chi connectivity index (χ0) is 14.7. The van der Waals surface area contributed by atoms with Crippen LogP contribution in [0, 0.1) is 12.7 Å². The van der Waals surface area contributed by atoms with Crippen LogP contribution in [0.1, 0.15) is 29.6 Å². The van der Waals surface area contributed by atoms with Crippen LogP contribution in [0.4, 0.5) is 4.39 Å². The number of methoxy groups -OCH3 is 1. The van der Waals surface area contributed by atoms with Crippen LogP contribution in [0.2, 0.25) is 5.02 Å². The lowest BCUT2D eigenvalue weighted by Gasteiger charge is -2.13. The predicted molar refractivity (Wildman–Crippen MR) is 76.9 cm³/mol. The summed E-state index contributed by atoms with van der Waals surface area (Å²) in [5.41, 5.74) is 2.25. The van der Waals surface area contributed by atoms with Gasteiger partial charge >= 0.3 is 0 Å². The Hall–Kier alpha value is -1.68. The molecular formula is C15H16ClFN2O. The van der Waals surface area contributed by atoms with Gasteiger partial charge in [-0.25, -0.2) is 9.37 Å². The zero-order valence-corrected chi connectivity index (χ0v) is 12.5. The highest BCUT2D eigenvalue weighted by Crippen LogP contribution is 2.25. The van der Waals surface area contributed by atoms with Gasteiger partial charge in [0.25, 0.3) is 0 Å². The van der Waals surface area contributed by atoms with Gasteiger partial charge in [-0.05, 0) is 31.0 Å². The van der Waals surface area contributed by atoms with Crippen LogP contribution in [0.25, 0.3) is 0 Å². The van der Waals surface area contributed by atoms with Crippen molar-refractivity contribution in [2.24, 2.45) is 0 Å². The fraction of sp³-hybridized carbons (Fsp3) is 0.333. The smallest absolute Gasteiger partial charge is 0.220 e. The number of halogens is 2. The molecule has 0 aliphatic heterocycles. The largest absolute Gasteiger partial charge is 0.481 e. The highest BCUT2D eigenvalue weighted by molar-refractivity contribution is 6.30. The second-order valence-electron chi connectivity index (χ2n) is 4.47. The molecule has 1 heterocycles. The van der Waals surface area contributed by atoms with Crippen LogP contribution < -0.4 is 4.74 Å². The molecule has 0 fully saturated rings. The minimum atomic E-state index is -0.331. The van der Waals surface area contributed by atoms with E-state index in [4.69, 9.17) is 16.3 Å². The molecule has 2 rings (SSSR count). The van der Waals surface area contributed by atoms with Crippen molar-refractivity contribution in [3.05, 3.63) is 51.7 Å². The maximum Gasteiger partial charge on any atom is 0.220 e. The van der Waals surface area contributed by atoms with Gasteiger partial charge in [-0.1, -0.05) is 24.6 Å². The topological polar surface area (TPSA) is 35.0 Å². The summed E-state index contributed by atoms with van der Waals surface area (Å²) in [6, 6.07) is 4.66. The Bertz CT molecular complexity index is 606. The summed E-state index contributed by atoms with van der Waals surface area (Å²) in [4.78, 5) is 8.67. The van der Waals surface area contributed by atoms with Crippen molar-refractivity contribution >= 4 is 11.6 Å². The number of hydrogen-bond donors (Lipinski definition) is 0. The third-order valence-corrected chi connectivity index (χ3v) is 3.31. The molecule has 1 aromatic heterocycles. The lowest BCUT2D eigenvalue weighted by Crippen LogP contribution is -2.07. The molecular weight excluding hydrogens is 279 g/mol. The minimum absolute atomic E-state index is 0.331. The first-order valence-electron chi connectivity index (χ1n) is 6.39. The van der Waals surface area contributed by atoms with Crippen molar-refractivity contribution in [1.29, 1.82) is 0 Å². The SMILES string of the molecule is CCc1nc(C)nc(OC)c1Cc1ccc(Cl)cc1F. The van der Waals surface area contributed by atoms with Gasteiger partial charge in [0.05, 0.1) is 12.8 Å². The molecule has 20 heavy (non-hydrogen) atoms. The lowest BCUT2D eigenvalue weighted by molar-refractivity contribution is 0.389. The van der Waals surface area contributed by atoms with E-state index in [0.717, 1.165) is 17.7 Å². The van der Waals surface area contributed by atoms with Crippen LogP contribution in [0.3, 0.4) is 0 Å². The number of hydrogen-bond acceptors (Lipinski definition) is 3. The second kappa shape index (κ2) is 6.18. The summed E-state index contributed by atoms with van der Waals surface area (Å²) < 4.78 is 19.2. The number of benzene rings is 1. The molecule has 0 unspecified atom stereocenters. The van der Waals surface area contributed by atoms with Gasteiger partial charge in [-0.15, -0.1) is 0 Å². The Morgan fingerprint density at radius 2 is 2.05 bits per heavy atom. The number of aryl methyl sites for hydroxylation is 2. The van der Waals surface area contributed by atoms with Crippen LogP contribution in [0.5, 0.6) is 5.88 Å². The van der Waals surface area contributed by atoms with E-state index >= 15 is 0 Å². The molecule has 5 heteroatoms. The Morgan fingerprint density at radius 3 is 2.65 bits per heavy atom. The molecule has 1 aromatic carbocycles. The number of aromatic nitrogens is 2. The van der Waals surface area contributed by atoms with Crippen LogP contribution in [-0.2, 0) is 12.8 Å². The molecule has 0 amide bonds. The van der Waals surface area contributed by atoms with Gasteiger partial charge < -0.3 is 4.74 Å². The predicted octanol–water partition coefficient (Wildman–Crippen LogP) is 3.74. The molecule has 0 aliphatic carbocycles. The fourth-order valence-corrected chi connectivity index (χ4v) is 2.28. The summed E-state index contributed by atoms with van der Waals surface area (Å²) in [7, 11) is 1.56. The fourth-order valence-electron chi connectivity index (χ4n) is 2.12. The Morgan fingerprint density at radius 1 is 1.30 bits per heavy atom. The summed E-state index contributed by atoms with van der Waals surface area (Å²) >= 11 is 5.77. The highest BCUT2D eigenvalue weighted by Gasteiger charge is 2.15. The van der Waals surface area contributed by atoms with Crippen molar-refractivity contribution in [2.75, 3.05) is 7.11 Å². The first-order chi connectivity index (χ1) is 9.55. The summed E-state index contributed by atoms with van der Waals surface area (Å²) in [5, 5.41) is 0.383. The third kappa shape index (κ3) is 3.07. The van der Waals surface area contributed by atoms with Crippen molar-refractivity contribution in [2.45, 2.75) is 26.7 Å². The quantitative estimate of drug-likeness (QED) is 0.861. The monoisotopic (exact) mass is 294 g/mol. The molecule has 0 spiro atoms. The van der Waals surface area contributed by atoms with Gasteiger partial charge in [0, 0.05) is 17.0 Å². The minimum Gasteiger partial charge on any atom is -0.481 e. The Labute approximate surface area is 122 Å². The van der Waals surface area contributed by atoms with E-state index < -0.39 is 0 Å². The second-order valence-corrected chi connectivity index (χ2v) is 4.91. The Kier molecular flexibility index (Phi) is 4.55. The molecule has 2 aromatic rings. The number of nitrogens with zero attached hydrogens (tertiary/aromatic N) is 2. The molecule has 0 saturated carbocycles. The summed E-state index contributed by atoms with van der Waals surface area (Å²) in [5.74, 6) is 0.824. The standard InChI is InChI=1S/C15H16ClFN2O/c1-4-14-12(15(20-3)19-9(2)18-14)7-10-5-6-11(16)8-13(10)17/h5-6,8H,4,7H2,1-3H3. The average molecular weight is 295 g/mol. The van der Waals surface area contributed by atoms with Crippen LogP contribution in [0.15, 0.2) is 18.2 Å². The van der Waals surface area contributed by atoms with Gasteiger partial charge in [0.15, 0.2) is 0 Å². The van der Waals surface area contributed by atoms with Gasteiger partial charge in [0.1, 0.15) is 11.6 Å². The number of ether oxygens (including phenoxy) is 1. The molecule has 0 radical (unpaired) electrons. The zero-order valence-electron chi connectivity index (χ0n) is 11.7. The van der Waals surface area contributed by atoms with E-state index in [1.807, 2.05) is 13.8 Å². The van der Waals surface area contributed by atoms with Gasteiger partial charge in [-0.2, -0.15) is 4.98 Å². The molecule has 0 atom stereocenters. The number of rotatable bonds is 4. The van der Waals surface area contributed by atoms with E-state index in [-0.39, 0.29) is 5.82 Å². The van der Waals surface area contributed by atoms with Crippen LogP contribution in [-0.4, -0.2) is 17.1 Å². The Balaban J connectivity index is 2.46. The maximum atomic E-state index is 13.9. The van der Waals surface area contributed by atoms with Gasteiger partial charge in [0.2, 0.25) is 5.88 Å². The molecule has 0 N–H and O–H groups in total. The van der Waals surface area contributed by atoms with E-state index in [0.29, 0.717) is 28.7 Å². The molecule has 3 nitrogen and oxygen atoms in total. The molecule has 0 saturated heterocycles. The first kappa shape index (κ1) is 14.7. The molecule has 106 valence electrons. The summed E-state index contributed by atoms with van der Waals surface area (Å²) in [6.45, 7) is 3.82. The van der Waals surface area contributed by atoms with Gasteiger partial charge in [-0.3, -0.25) is 0 Å². The van der Waals surface area contributed by atoms with E-state index in [9.17, 15) is 4.39 Å². The van der Waals surface area contributed by atoms with Crippen LogP contribution >= 0.6 is 11.6 Å². The first-order valence-corrected chi connectivity index (χ1v) is 6.77. The molecule has 0 bridgehead atoms. The van der Waals surface area contributed by atoms with Crippen molar-refractivity contribution in [1.82, 2.24) is 9.97 Å². The average Bonchev–Trinajstić information content (AvgIpc) is 2.42. The van der Waals surface area contributed by atoms with Crippen molar-refractivity contribution < 1.29 is 9.13 Å². The maximum absolute atomic E-state index is 13.9. The lowest BCUT2D eigenvalue weighted by atomic mass is 10.0. The normalized spacial score (nSPS) is 10.7. The highest BCUT2D eigenvalue weighted by atomic mass is 35.5. The van der Waals surface area contributed by atoms with E-state index in [1.165, 1.54) is 6.07 Å². The third-order valence-electron chi connectivity index (χ3n) is 3.08. The van der Waals surface area contributed by atoms with Crippen molar-refractivity contribution in [3.8, 4) is 5.88 Å². The summed E-state index contributed by atoms with van der Waals surface area (Å²) in [6.07, 6.45) is 1.12. The molecule has 0 aliphatic rings.